The van der Waals surface area contributed by atoms with Gasteiger partial charge in [-0.05, 0) is 24.0 Å². The average Bonchev–Trinajstić information content (AvgIpc) is 2.55. The molecule has 1 fully saturated rings. The van der Waals surface area contributed by atoms with E-state index in [-0.39, 0.29) is 24.1 Å². The fourth-order valence-electron chi connectivity index (χ4n) is 3.48. The fourth-order valence-corrected chi connectivity index (χ4v) is 3.48. The van der Waals surface area contributed by atoms with Gasteiger partial charge in [0, 0.05) is 18.0 Å². The van der Waals surface area contributed by atoms with Crippen molar-refractivity contribution in [1.29, 1.82) is 0 Å². The van der Waals surface area contributed by atoms with Gasteiger partial charge in [-0.2, -0.15) is 0 Å². The highest BCUT2D eigenvalue weighted by Gasteiger charge is 2.36. The van der Waals surface area contributed by atoms with E-state index in [2.05, 4.69) is 60.8 Å². The highest BCUT2D eigenvalue weighted by atomic mass is 16.3. The summed E-state index contributed by atoms with van der Waals surface area (Å²) in [6.45, 7) is 2.16. The first-order chi connectivity index (χ1) is 10.3. The molecule has 3 rings (SSSR count). The zero-order chi connectivity index (χ0) is 14.7. The normalized spacial score (nSPS) is 29.2. The van der Waals surface area contributed by atoms with Crippen molar-refractivity contribution in [3.63, 3.8) is 0 Å². The minimum atomic E-state index is -0.258. The molecule has 0 spiro atoms. The van der Waals surface area contributed by atoms with Crippen molar-refractivity contribution in [3.05, 3.63) is 71.8 Å². The van der Waals surface area contributed by atoms with Crippen molar-refractivity contribution >= 4 is 0 Å². The van der Waals surface area contributed by atoms with Crippen LogP contribution in [0.2, 0.25) is 0 Å². The SMILES string of the molecule is CC[C@H]1[C@H](O)C[C@@H](c2ccccc2)N[C@@H]1c1ccccc1. The van der Waals surface area contributed by atoms with Gasteiger partial charge in [0.1, 0.15) is 0 Å². The zero-order valence-corrected chi connectivity index (χ0v) is 12.4. The first-order valence-corrected chi connectivity index (χ1v) is 7.83. The van der Waals surface area contributed by atoms with E-state index in [1.54, 1.807) is 0 Å². The van der Waals surface area contributed by atoms with Gasteiger partial charge in [0.2, 0.25) is 0 Å². The summed E-state index contributed by atoms with van der Waals surface area (Å²) in [5, 5.41) is 14.3. The number of benzene rings is 2. The quantitative estimate of drug-likeness (QED) is 0.895. The predicted octanol–water partition coefficient (Wildman–Crippen LogP) is 3.85. The Balaban J connectivity index is 1.89. The lowest BCUT2D eigenvalue weighted by atomic mass is 9.78. The molecule has 4 atom stereocenters. The van der Waals surface area contributed by atoms with Crippen molar-refractivity contribution in [2.24, 2.45) is 5.92 Å². The maximum atomic E-state index is 10.6. The van der Waals surface area contributed by atoms with Crippen LogP contribution in [0.1, 0.15) is 43.0 Å². The molecular formula is C19H23NO. The summed E-state index contributed by atoms with van der Waals surface area (Å²) in [6.07, 6.45) is 1.51. The molecule has 0 radical (unpaired) electrons. The molecule has 1 aliphatic heterocycles. The van der Waals surface area contributed by atoms with Crippen LogP contribution in [0.15, 0.2) is 60.7 Å². The molecule has 2 aromatic carbocycles. The van der Waals surface area contributed by atoms with Crippen LogP contribution >= 0.6 is 0 Å². The van der Waals surface area contributed by atoms with Crippen LogP contribution in [0, 0.1) is 5.92 Å². The molecule has 21 heavy (non-hydrogen) atoms. The van der Waals surface area contributed by atoms with Crippen LogP contribution in [-0.2, 0) is 0 Å². The van der Waals surface area contributed by atoms with Gasteiger partial charge in [-0.1, -0.05) is 67.6 Å². The van der Waals surface area contributed by atoms with Crippen molar-refractivity contribution in [3.8, 4) is 0 Å². The maximum Gasteiger partial charge on any atom is 0.0604 e. The van der Waals surface area contributed by atoms with Crippen molar-refractivity contribution in [2.75, 3.05) is 0 Å². The summed E-state index contributed by atoms with van der Waals surface area (Å²) < 4.78 is 0. The Morgan fingerprint density at radius 1 is 0.952 bits per heavy atom. The molecule has 0 aliphatic carbocycles. The second-order valence-electron chi connectivity index (χ2n) is 5.89. The molecule has 0 aromatic heterocycles. The third kappa shape index (κ3) is 3.02. The number of aliphatic hydroxyl groups is 1. The average molecular weight is 281 g/mol. The van der Waals surface area contributed by atoms with Crippen molar-refractivity contribution in [1.82, 2.24) is 5.32 Å². The summed E-state index contributed by atoms with van der Waals surface area (Å²) >= 11 is 0. The van der Waals surface area contributed by atoms with E-state index in [1.807, 2.05) is 12.1 Å². The second kappa shape index (κ2) is 6.42. The predicted molar refractivity (Wildman–Crippen MR) is 85.9 cm³/mol. The molecule has 2 nitrogen and oxygen atoms in total. The summed E-state index contributed by atoms with van der Waals surface area (Å²) in [5.74, 6) is 0.271. The topological polar surface area (TPSA) is 32.3 Å². The Labute approximate surface area is 126 Å². The largest absolute Gasteiger partial charge is 0.393 e. The third-order valence-corrected chi connectivity index (χ3v) is 4.61. The van der Waals surface area contributed by atoms with Crippen molar-refractivity contribution < 1.29 is 5.11 Å². The number of hydrogen-bond donors (Lipinski definition) is 2. The first kappa shape index (κ1) is 14.3. The van der Waals surface area contributed by atoms with Crippen LogP contribution in [0.5, 0.6) is 0 Å². The van der Waals surface area contributed by atoms with Gasteiger partial charge in [0.25, 0.3) is 0 Å². The second-order valence-corrected chi connectivity index (χ2v) is 5.89. The lowest BCUT2D eigenvalue weighted by molar-refractivity contribution is 0.0290. The van der Waals surface area contributed by atoms with Gasteiger partial charge in [-0.25, -0.2) is 0 Å². The third-order valence-electron chi connectivity index (χ3n) is 4.61. The molecular weight excluding hydrogens is 258 g/mol. The van der Waals surface area contributed by atoms with Crippen LogP contribution < -0.4 is 5.32 Å². The van der Waals surface area contributed by atoms with Crippen LogP contribution in [0.4, 0.5) is 0 Å². The minimum absolute atomic E-state index is 0.213. The standard InChI is InChI=1S/C19H23NO/c1-2-16-18(21)13-17(14-9-5-3-6-10-14)20-19(16)15-11-7-4-8-12-15/h3-12,16-21H,2,13H2,1H3/t16-,17-,18+,19+/m0/s1. The zero-order valence-electron chi connectivity index (χ0n) is 12.4. The molecule has 110 valence electrons. The van der Waals surface area contributed by atoms with E-state index in [0.29, 0.717) is 0 Å². The van der Waals surface area contributed by atoms with E-state index in [0.717, 1.165) is 12.8 Å². The molecule has 2 heteroatoms. The lowest BCUT2D eigenvalue weighted by Crippen LogP contribution is -2.44. The summed E-state index contributed by atoms with van der Waals surface area (Å²) in [7, 11) is 0. The molecule has 0 bridgehead atoms. The number of rotatable bonds is 3. The molecule has 2 aromatic rings. The molecule has 0 saturated carbocycles. The molecule has 1 heterocycles. The fraction of sp³-hybridized carbons (Fsp3) is 0.368. The number of aliphatic hydroxyl groups excluding tert-OH is 1. The Kier molecular flexibility index (Phi) is 4.37. The van der Waals surface area contributed by atoms with Gasteiger partial charge in [-0.15, -0.1) is 0 Å². The van der Waals surface area contributed by atoms with Gasteiger partial charge in [0.05, 0.1) is 6.10 Å². The maximum absolute atomic E-state index is 10.6. The van der Waals surface area contributed by atoms with Gasteiger partial charge in [0.15, 0.2) is 0 Å². The Morgan fingerprint density at radius 2 is 1.52 bits per heavy atom. The highest BCUT2D eigenvalue weighted by molar-refractivity contribution is 5.25. The first-order valence-electron chi connectivity index (χ1n) is 7.83. The Hall–Kier alpha value is -1.64. The molecule has 1 saturated heterocycles. The molecule has 0 amide bonds. The molecule has 1 aliphatic rings. The Bertz CT molecular complexity index is 554. The Morgan fingerprint density at radius 3 is 2.10 bits per heavy atom. The summed E-state index contributed by atoms with van der Waals surface area (Å²) in [4.78, 5) is 0. The molecule has 2 N–H and O–H groups in total. The monoisotopic (exact) mass is 281 g/mol. The van der Waals surface area contributed by atoms with Crippen LogP contribution in [-0.4, -0.2) is 11.2 Å². The van der Waals surface area contributed by atoms with E-state index >= 15 is 0 Å². The lowest BCUT2D eigenvalue weighted by Gasteiger charge is -2.41. The smallest absolute Gasteiger partial charge is 0.0604 e. The molecule has 0 unspecified atom stereocenters. The summed E-state index contributed by atoms with van der Waals surface area (Å²) in [5.41, 5.74) is 2.52. The van der Waals surface area contributed by atoms with Gasteiger partial charge >= 0.3 is 0 Å². The number of nitrogens with one attached hydrogen (secondary N) is 1. The number of hydrogen-bond acceptors (Lipinski definition) is 2. The summed E-state index contributed by atoms with van der Waals surface area (Å²) in [6, 6.07) is 21.4. The van der Waals surface area contributed by atoms with E-state index < -0.39 is 0 Å². The van der Waals surface area contributed by atoms with Crippen LogP contribution in [0.25, 0.3) is 0 Å². The number of piperidine rings is 1. The van der Waals surface area contributed by atoms with Gasteiger partial charge in [-0.3, -0.25) is 0 Å². The highest BCUT2D eigenvalue weighted by Crippen LogP contribution is 2.38. The van der Waals surface area contributed by atoms with E-state index in [1.165, 1.54) is 11.1 Å². The van der Waals surface area contributed by atoms with Crippen LogP contribution in [0.3, 0.4) is 0 Å². The van der Waals surface area contributed by atoms with E-state index in [4.69, 9.17) is 0 Å². The van der Waals surface area contributed by atoms with Gasteiger partial charge < -0.3 is 10.4 Å². The van der Waals surface area contributed by atoms with E-state index in [9.17, 15) is 5.11 Å². The van der Waals surface area contributed by atoms with Crippen molar-refractivity contribution in [2.45, 2.75) is 38.0 Å². The minimum Gasteiger partial charge on any atom is -0.393 e.